The van der Waals surface area contributed by atoms with Crippen LogP contribution in [0.3, 0.4) is 0 Å². The van der Waals surface area contributed by atoms with E-state index in [1.807, 2.05) is 44.3 Å². The van der Waals surface area contributed by atoms with Gasteiger partial charge < -0.3 is 9.84 Å². The summed E-state index contributed by atoms with van der Waals surface area (Å²) < 4.78 is 8.18. The highest BCUT2D eigenvalue weighted by Gasteiger charge is 2.13. The van der Waals surface area contributed by atoms with Gasteiger partial charge in [0.05, 0.1) is 16.9 Å². The third kappa shape index (κ3) is 2.88. The number of hydrogen-bond donors (Lipinski definition) is 1. The summed E-state index contributed by atoms with van der Waals surface area (Å²) in [4.78, 5) is 8.96. The molecular weight excluding hydrogens is 324 g/mol. The summed E-state index contributed by atoms with van der Waals surface area (Å²) in [5, 5.41) is 12.4. The molecular formula is C16H16N6OS. The maximum absolute atomic E-state index is 5.30. The predicted molar refractivity (Wildman–Crippen MR) is 92.0 cm³/mol. The first kappa shape index (κ1) is 14.8. The number of nitrogens with zero attached hydrogens (tertiary/aromatic N) is 5. The second kappa shape index (κ2) is 6.04. The molecule has 4 rings (SSSR count). The Morgan fingerprint density at radius 2 is 2.04 bits per heavy atom. The van der Waals surface area contributed by atoms with E-state index in [1.165, 1.54) is 0 Å². The van der Waals surface area contributed by atoms with Crippen LogP contribution in [0.15, 0.2) is 34.9 Å². The van der Waals surface area contributed by atoms with Crippen LogP contribution in [-0.4, -0.2) is 24.9 Å². The molecule has 0 aliphatic heterocycles. The average Bonchev–Trinajstić information content (AvgIpc) is 3.25. The molecule has 0 radical (unpaired) electrons. The Morgan fingerprint density at radius 1 is 1.21 bits per heavy atom. The number of anilines is 1. The number of nitrogens with one attached hydrogen (secondary N) is 1. The van der Waals surface area contributed by atoms with Gasteiger partial charge in [-0.15, -0.1) is 0 Å². The lowest BCUT2D eigenvalue weighted by molar-refractivity contribution is 0.378. The van der Waals surface area contributed by atoms with Crippen molar-refractivity contribution in [3.63, 3.8) is 0 Å². The van der Waals surface area contributed by atoms with E-state index in [0.717, 1.165) is 26.7 Å². The van der Waals surface area contributed by atoms with Crippen molar-refractivity contribution in [3.8, 4) is 0 Å². The van der Waals surface area contributed by atoms with Crippen molar-refractivity contribution in [2.45, 2.75) is 19.9 Å². The quantitative estimate of drug-likeness (QED) is 0.601. The third-order valence-corrected chi connectivity index (χ3v) is 4.76. The fourth-order valence-electron chi connectivity index (χ4n) is 2.52. The molecule has 0 aliphatic rings. The van der Waals surface area contributed by atoms with Crippen molar-refractivity contribution < 1.29 is 4.52 Å². The van der Waals surface area contributed by atoms with Crippen LogP contribution in [0.25, 0.3) is 10.3 Å². The molecule has 1 aromatic carbocycles. The summed E-state index contributed by atoms with van der Waals surface area (Å²) in [6.45, 7) is 2.44. The van der Waals surface area contributed by atoms with E-state index < -0.39 is 0 Å². The van der Waals surface area contributed by atoms with Crippen LogP contribution in [0, 0.1) is 6.92 Å². The van der Waals surface area contributed by atoms with Crippen molar-refractivity contribution in [1.82, 2.24) is 24.9 Å². The Labute approximate surface area is 142 Å². The summed E-state index contributed by atoms with van der Waals surface area (Å²) >= 11 is 1.58. The number of fused-ring (bicyclic) bond motifs is 1. The molecule has 0 spiro atoms. The van der Waals surface area contributed by atoms with Gasteiger partial charge in [0.15, 0.2) is 16.6 Å². The van der Waals surface area contributed by atoms with Crippen molar-refractivity contribution in [2.75, 3.05) is 5.32 Å². The zero-order chi connectivity index (χ0) is 16.5. The van der Waals surface area contributed by atoms with Crippen molar-refractivity contribution in [1.29, 1.82) is 0 Å². The summed E-state index contributed by atoms with van der Waals surface area (Å²) in [7, 11) is 1.90. The highest BCUT2D eigenvalue weighted by Crippen LogP contribution is 2.28. The van der Waals surface area contributed by atoms with E-state index in [-0.39, 0.29) is 0 Å². The van der Waals surface area contributed by atoms with Crippen LogP contribution in [0.2, 0.25) is 0 Å². The Kier molecular flexibility index (Phi) is 3.73. The molecule has 1 N–H and O–H groups in total. The van der Waals surface area contributed by atoms with Crippen LogP contribution >= 0.6 is 11.3 Å². The number of thiazole rings is 1. The predicted octanol–water partition coefficient (Wildman–Crippen LogP) is 2.92. The van der Waals surface area contributed by atoms with E-state index in [0.29, 0.717) is 24.7 Å². The summed E-state index contributed by atoms with van der Waals surface area (Å²) in [5.74, 6) is 1.23. The molecule has 0 fully saturated rings. The SMILES string of the molecule is Cc1nn(C)c2nc(NCc3nc(Cc4ccccc4)no3)sc12. The minimum absolute atomic E-state index is 0.452. The van der Waals surface area contributed by atoms with Crippen LogP contribution in [0.5, 0.6) is 0 Å². The normalized spacial score (nSPS) is 11.2. The van der Waals surface area contributed by atoms with Crippen LogP contribution in [-0.2, 0) is 20.0 Å². The monoisotopic (exact) mass is 340 g/mol. The first-order valence-electron chi connectivity index (χ1n) is 7.58. The average molecular weight is 340 g/mol. The van der Waals surface area contributed by atoms with Gasteiger partial charge in [0.25, 0.3) is 0 Å². The topological polar surface area (TPSA) is 81.7 Å². The molecule has 3 aromatic heterocycles. The van der Waals surface area contributed by atoms with E-state index >= 15 is 0 Å². The minimum atomic E-state index is 0.452. The molecule has 0 atom stereocenters. The molecule has 0 bridgehead atoms. The number of rotatable bonds is 5. The number of benzene rings is 1. The van der Waals surface area contributed by atoms with Gasteiger partial charge in [-0.05, 0) is 12.5 Å². The van der Waals surface area contributed by atoms with Gasteiger partial charge in [0.1, 0.15) is 0 Å². The summed E-state index contributed by atoms with van der Waals surface area (Å²) in [6.07, 6.45) is 0.663. The lowest BCUT2D eigenvalue weighted by atomic mass is 10.1. The number of hydrogen-bond acceptors (Lipinski definition) is 7. The second-order valence-electron chi connectivity index (χ2n) is 5.50. The van der Waals surface area contributed by atoms with Gasteiger partial charge in [-0.2, -0.15) is 10.1 Å². The van der Waals surface area contributed by atoms with E-state index in [4.69, 9.17) is 4.52 Å². The molecule has 0 aliphatic carbocycles. The van der Waals surface area contributed by atoms with E-state index in [9.17, 15) is 0 Å². The number of aryl methyl sites for hydroxylation is 2. The lowest BCUT2D eigenvalue weighted by Gasteiger charge is -1.97. The zero-order valence-electron chi connectivity index (χ0n) is 13.4. The summed E-state index contributed by atoms with van der Waals surface area (Å²) in [5.41, 5.74) is 3.03. The first-order chi connectivity index (χ1) is 11.7. The molecule has 0 amide bonds. The Bertz CT molecular complexity index is 937. The maximum atomic E-state index is 5.30. The van der Waals surface area contributed by atoms with Crippen LogP contribution in [0.1, 0.15) is 23.0 Å². The lowest BCUT2D eigenvalue weighted by Crippen LogP contribution is -2.00. The smallest absolute Gasteiger partial charge is 0.246 e. The second-order valence-corrected chi connectivity index (χ2v) is 6.50. The molecule has 0 unspecified atom stereocenters. The van der Waals surface area contributed by atoms with Crippen molar-refractivity contribution >= 4 is 26.8 Å². The molecule has 8 heteroatoms. The summed E-state index contributed by atoms with van der Waals surface area (Å²) in [6, 6.07) is 10.1. The van der Waals surface area contributed by atoms with Gasteiger partial charge >= 0.3 is 0 Å². The minimum Gasteiger partial charge on any atom is -0.352 e. The maximum Gasteiger partial charge on any atom is 0.246 e. The molecule has 24 heavy (non-hydrogen) atoms. The first-order valence-corrected chi connectivity index (χ1v) is 8.40. The third-order valence-electron chi connectivity index (χ3n) is 3.65. The Hall–Kier alpha value is -2.74. The van der Waals surface area contributed by atoms with Gasteiger partial charge in [-0.3, -0.25) is 0 Å². The largest absolute Gasteiger partial charge is 0.352 e. The fraction of sp³-hybridized carbons (Fsp3) is 0.250. The van der Waals surface area contributed by atoms with Crippen LogP contribution in [0.4, 0.5) is 5.13 Å². The van der Waals surface area contributed by atoms with Gasteiger partial charge in [-0.25, -0.2) is 9.67 Å². The molecule has 7 nitrogen and oxygen atoms in total. The molecule has 3 heterocycles. The molecule has 4 aromatic rings. The van der Waals surface area contributed by atoms with E-state index in [2.05, 4.69) is 25.5 Å². The molecule has 122 valence electrons. The van der Waals surface area contributed by atoms with Gasteiger partial charge in [-0.1, -0.05) is 46.8 Å². The van der Waals surface area contributed by atoms with Crippen molar-refractivity contribution in [3.05, 3.63) is 53.3 Å². The number of aromatic nitrogens is 5. The highest BCUT2D eigenvalue weighted by molar-refractivity contribution is 7.22. The van der Waals surface area contributed by atoms with Gasteiger partial charge in [0.2, 0.25) is 5.89 Å². The standard InChI is InChI=1S/C16H16N6OS/c1-10-14-15(22(2)20-10)19-16(24-14)17-9-13-18-12(21-23-13)8-11-6-4-3-5-7-11/h3-7H,8-9H2,1-2H3,(H,17,19). The Balaban J connectivity index is 1.43. The highest BCUT2D eigenvalue weighted by atomic mass is 32.1. The van der Waals surface area contributed by atoms with Crippen molar-refractivity contribution in [2.24, 2.45) is 7.05 Å². The molecule has 0 saturated heterocycles. The zero-order valence-corrected chi connectivity index (χ0v) is 14.2. The van der Waals surface area contributed by atoms with Gasteiger partial charge in [0, 0.05) is 13.5 Å². The molecule has 0 saturated carbocycles. The van der Waals surface area contributed by atoms with E-state index in [1.54, 1.807) is 16.0 Å². The fourth-order valence-corrected chi connectivity index (χ4v) is 3.45. The van der Waals surface area contributed by atoms with Crippen LogP contribution < -0.4 is 5.32 Å². The Morgan fingerprint density at radius 3 is 2.83 bits per heavy atom.